The van der Waals surface area contributed by atoms with E-state index >= 15 is 0 Å². The number of aliphatic hydroxyl groups is 1. The number of aliphatic hydroxyl groups excluding tert-OH is 1. The van der Waals surface area contributed by atoms with Crippen LogP contribution in [0.1, 0.15) is 24.0 Å². The Kier molecular flexibility index (Phi) is 1.56. The van der Waals surface area contributed by atoms with E-state index < -0.39 is 0 Å². The first-order valence-electron chi connectivity index (χ1n) is 4.13. The second-order valence-corrected chi connectivity index (χ2v) is 3.14. The van der Waals surface area contributed by atoms with Gasteiger partial charge < -0.3 is 5.11 Å². The Balaban J connectivity index is 2.66. The molecular weight excluding hydrogens is 164 g/mol. The van der Waals surface area contributed by atoms with Crippen LogP contribution in [-0.2, 0) is 0 Å². The van der Waals surface area contributed by atoms with E-state index in [4.69, 9.17) is 5.39 Å². The molecule has 2 rings (SSSR count). The molecule has 0 spiro atoms. The molecule has 0 saturated carbocycles. The first-order chi connectivity index (χ1) is 6.25. The molecule has 1 aliphatic rings. The van der Waals surface area contributed by atoms with E-state index in [1.54, 1.807) is 0 Å². The van der Waals surface area contributed by atoms with Crippen molar-refractivity contribution in [2.24, 2.45) is 0 Å². The number of hydrogen-bond acceptors (Lipinski definition) is 2. The number of diazo groups is 1. The van der Waals surface area contributed by atoms with Crippen molar-refractivity contribution in [3.05, 3.63) is 46.1 Å². The Morgan fingerprint density at radius 2 is 2.08 bits per heavy atom. The molecule has 0 aliphatic heterocycles. The van der Waals surface area contributed by atoms with Gasteiger partial charge in [0.15, 0.2) is 4.98 Å². The molecule has 1 unspecified atom stereocenters. The van der Waals surface area contributed by atoms with Gasteiger partial charge in [-0.15, -0.1) is 0 Å². The van der Waals surface area contributed by atoms with Crippen molar-refractivity contribution in [2.75, 3.05) is 0 Å². The molecule has 0 saturated heterocycles. The van der Waals surface area contributed by atoms with Crippen LogP contribution in [0.3, 0.4) is 0 Å². The Morgan fingerprint density at radius 1 is 1.38 bits per heavy atom. The summed E-state index contributed by atoms with van der Waals surface area (Å²) in [7, 11) is 0. The monoisotopic (exact) mass is 173 g/mol. The summed E-state index contributed by atoms with van der Waals surface area (Å²) in [6.45, 7) is 1.90. The van der Waals surface area contributed by atoms with Crippen LogP contribution in [0.4, 0.5) is 0 Å². The molecule has 13 heavy (non-hydrogen) atoms. The molecule has 3 nitrogen and oxygen atoms in total. The zero-order valence-electron chi connectivity index (χ0n) is 7.23. The number of hydrogen-bond donors (Lipinski definition) is 1. The maximum Gasteiger partial charge on any atom is 0.410 e. The van der Waals surface area contributed by atoms with Crippen LogP contribution in [0.5, 0.6) is 0 Å². The summed E-state index contributed by atoms with van der Waals surface area (Å²) in [6.07, 6.45) is 0. The van der Waals surface area contributed by atoms with Crippen molar-refractivity contribution < 1.29 is 5.11 Å². The first-order valence-corrected chi connectivity index (χ1v) is 4.13. The third-order valence-corrected chi connectivity index (χ3v) is 2.44. The van der Waals surface area contributed by atoms with Crippen molar-refractivity contribution in [1.82, 2.24) is 0 Å². The summed E-state index contributed by atoms with van der Waals surface area (Å²) in [4.78, 5) is 3.09. The van der Waals surface area contributed by atoms with Gasteiger partial charge in [0.2, 0.25) is 11.2 Å². The zero-order chi connectivity index (χ0) is 9.42. The second-order valence-electron chi connectivity index (χ2n) is 3.14. The minimum Gasteiger partial charge on any atom is -0.501 e. The van der Waals surface area contributed by atoms with Gasteiger partial charge in [-0.3, -0.25) is 0 Å². The molecule has 0 radical (unpaired) electrons. The van der Waals surface area contributed by atoms with Gasteiger partial charge in [0.25, 0.3) is 0 Å². The number of nitrogens with zero attached hydrogens (tertiary/aromatic N) is 2. The van der Waals surface area contributed by atoms with E-state index in [0.29, 0.717) is 5.70 Å². The third kappa shape index (κ3) is 0.922. The van der Waals surface area contributed by atoms with Gasteiger partial charge in [-0.05, 0) is 12.5 Å². The Hall–Kier alpha value is -1.82. The lowest BCUT2D eigenvalue weighted by atomic mass is 10.0. The number of fused-ring (bicyclic) bond motifs is 1. The van der Waals surface area contributed by atoms with Crippen LogP contribution < -0.4 is 0 Å². The van der Waals surface area contributed by atoms with Crippen LogP contribution in [0.25, 0.3) is 10.7 Å². The topological polar surface area (TPSA) is 48.4 Å². The van der Waals surface area contributed by atoms with E-state index in [-0.39, 0.29) is 11.7 Å². The fourth-order valence-corrected chi connectivity index (χ4v) is 1.71. The number of allylic oxidation sites excluding steroid dienone is 1. The highest BCUT2D eigenvalue weighted by atomic mass is 16.3. The Labute approximate surface area is 76.0 Å². The number of rotatable bonds is 0. The molecule has 1 atom stereocenters. The summed E-state index contributed by atoms with van der Waals surface area (Å²) >= 11 is 0. The Morgan fingerprint density at radius 3 is 2.69 bits per heavy atom. The molecule has 1 aromatic carbocycles. The zero-order valence-corrected chi connectivity index (χ0v) is 7.23. The normalized spacial score (nSPS) is 19.8. The lowest BCUT2D eigenvalue weighted by molar-refractivity contribution is 0.509. The van der Waals surface area contributed by atoms with Crippen LogP contribution in [0, 0.1) is 5.39 Å². The maximum atomic E-state index is 9.64. The van der Waals surface area contributed by atoms with Crippen LogP contribution in [0.15, 0.2) is 30.0 Å². The minimum absolute atomic E-state index is 0.0267. The summed E-state index contributed by atoms with van der Waals surface area (Å²) in [6, 6.07) is 7.50. The van der Waals surface area contributed by atoms with Crippen molar-refractivity contribution >= 4 is 5.76 Å². The van der Waals surface area contributed by atoms with Crippen LogP contribution in [0.2, 0.25) is 0 Å². The van der Waals surface area contributed by atoms with Gasteiger partial charge in [0.1, 0.15) is 0 Å². The third-order valence-electron chi connectivity index (χ3n) is 2.44. The van der Waals surface area contributed by atoms with Gasteiger partial charge in [-0.1, -0.05) is 24.3 Å². The molecule has 1 N–H and O–H groups in total. The molecular formula is C10H9N2O+. The fraction of sp³-hybridized carbons (Fsp3) is 0.200. The van der Waals surface area contributed by atoms with Crippen molar-refractivity contribution in [1.29, 1.82) is 5.39 Å². The summed E-state index contributed by atoms with van der Waals surface area (Å²) < 4.78 is 0. The van der Waals surface area contributed by atoms with Crippen molar-refractivity contribution in [3.8, 4) is 0 Å². The fourth-order valence-electron chi connectivity index (χ4n) is 1.71. The predicted octanol–water partition coefficient (Wildman–Crippen LogP) is 2.88. The predicted molar refractivity (Wildman–Crippen MR) is 49.5 cm³/mol. The standard InChI is InChI=1S/C10H8N2O/c1-6-7-4-2-3-5-8(7)10(13)9(6)12-11/h2-6H,1H3/p+1. The van der Waals surface area contributed by atoms with Crippen molar-refractivity contribution in [2.45, 2.75) is 12.8 Å². The average molecular weight is 173 g/mol. The van der Waals surface area contributed by atoms with E-state index in [1.807, 2.05) is 31.2 Å². The van der Waals surface area contributed by atoms with E-state index in [9.17, 15) is 5.11 Å². The number of benzene rings is 1. The highest BCUT2D eigenvalue weighted by Gasteiger charge is 2.37. The lowest BCUT2D eigenvalue weighted by Gasteiger charge is -1.99. The molecule has 0 bridgehead atoms. The second kappa shape index (κ2) is 2.60. The van der Waals surface area contributed by atoms with Gasteiger partial charge in [-0.2, -0.15) is 0 Å². The molecule has 0 amide bonds. The molecule has 0 heterocycles. The average Bonchev–Trinajstić information content (AvgIpc) is 2.41. The molecule has 64 valence electrons. The lowest BCUT2D eigenvalue weighted by Crippen LogP contribution is -1.88. The van der Waals surface area contributed by atoms with Gasteiger partial charge in [0.05, 0.1) is 5.92 Å². The molecule has 1 aliphatic carbocycles. The van der Waals surface area contributed by atoms with Gasteiger partial charge in [0, 0.05) is 5.56 Å². The highest BCUT2D eigenvalue weighted by Crippen LogP contribution is 2.40. The summed E-state index contributed by atoms with van der Waals surface area (Å²) in [5.41, 5.74) is 2.12. The Bertz CT molecular complexity index is 429. The maximum absolute atomic E-state index is 9.64. The quantitative estimate of drug-likeness (QED) is 0.613. The van der Waals surface area contributed by atoms with Crippen LogP contribution in [-0.4, -0.2) is 5.11 Å². The minimum atomic E-state index is -0.0267. The van der Waals surface area contributed by atoms with Crippen LogP contribution >= 0.6 is 0 Å². The van der Waals surface area contributed by atoms with Crippen molar-refractivity contribution in [3.63, 3.8) is 0 Å². The van der Waals surface area contributed by atoms with E-state index in [1.165, 1.54) is 0 Å². The first kappa shape index (κ1) is 7.81. The smallest absolute Gasteiger partial charge is 0.410 e. The van der Waals surface area contributed by atoms with Gasteiger partial charge >= 0.3 is 5.70 Å². The highest BCUT2D eigenvalue weighted by molar-refractivity contribution is 5.74. The van der Waals surface area contributed by atoms with E-state index in [0.717, 1.165) is 11.1 Å². The molecule has 3 heteroatoms. The SMILES string of the molecule is CC1C([N+]#N)=C(O)c2ccccc21. The molecule has 1 aromatic rings. The molecule has 0 aromatic heterocycles. The largest absolute Gasteiger partial charge is 0.501 e. The van der Waals surface area contributed by atoms with Gasteiger partial charge in [-0.25, -0.2) is 0 Å². The summed E-state index contributed by atoms with van der Waals surface area (Å²) in [5, 5.41) is 18.3. The summed E-state index contributed by atoms with van der Waals surface area (Å²) in [5.74, 6) is 0.0619. The van der Waals surface area contributed by atoms with E-state index in [2.05, 4.69) is 4.98 Å². The molecule has 0 fully saturated rings.